The lowest BCUT2D eigenvalue weighted by Crippen LogP contribution is -2.34. The predicted molar refractivity (Wildman–Crippen MR) is 133 cm³/mol. The van der Waals surface area contributed by atoms with Gasteiger partial charge in [-0.3, -0.25) is 4.57 Å². The van der Waals surface area contributed by atoms with Gasteiger partial charge in [0, 0.05) is 12.4 Å². The first-order chi connectivity index (χ1) is 17.2. The van der Waals surface area contributed by atoms with Crippen molar-refractivity contribution in [3.63, 3.8) is 0 Å². The molecule has 35 heavy (non-hydrogen) atoms. The van der Waals surface area contributed by atoms with Gasteiger partial charge in [0.05, 0.1) is 6.04 Å². The Hall–Kier alpha value is -4.06. The number of carboxylic acids is 1. The molecular weight excluding hydrogens is 440 g/mol. The minimum absolute atomic E-state index is 0.167. The fourth-order valence-electron chi connectivity index (χ4n) is 4.65. The second-order valence-corrected chi connectivity index (χ2v) is 8.73. The van der Waals surface area contributed by atoms with Crippen molar-refractivity contribution >= 4 is 5.97 Å². The summed E-state index contributed by atoms with van der Waals surface area (Å²) in [6.45, 7) is -0.167. The van der Waals surface area contributed by atoms with Gasteiger partial charge in [0.1, 0.15) is 12.4 Å². The quantitative estimate of drug-likeness (QED) is 0.360. The van der Waals surface area contributed by atoms with Crippen molar-refractivity contribution in [1.82, 2.24) is 9.55 Å². The van der Waals surface area contributed by atoms with Crippen LogP contribution in [0.3, 0.4) is 0 Å². The molecule has 1 heterocycles. The van der Waals surface area contributed by atoms with Crippen LogP contribution in [-0.4, -0.2) is 33.3 Å². The van der Waals surface area contributed by atoms with Crippen LogP contribution in [0.1, 0.15) is 41.1 Å². The molecule has 1 aliphatic rings. The average molecular weight is 469 g/mol. The zero-order chi connectivity index (χ0) is 24.0. The van der Waals surface area contributed by atoms with Crippen LogP contribution in [0.4, 0.5) is 0 Å². The Morgan fingerprint density at radius 2 is 1.57 bits per heavy atom. The Bertz CT molecular complexity index is 1230. The standard InChI is InChI=1S/C29H28N2O4/c32-28(33)26(35-25-16-15-21-9-7-8-14-24(21)19-25)20-34-29-30-17-18-31(29)27(22-10-3-1-4-11-22)23-12-5-2-6-13-23/h1-6,10-13,15-19,26-27H,7-9,14,20H2,(H,32,33). The maximum absolute atomic E-state index is 12.0. The normalized spacial score (nSPS) is 13.7. The number of rotatable bonds is 9. The number of nitrogens with zero attached hydrogens (tertiary/aromatic N) is 2. The Labute approximate surface area is 204 Å². The maximum atomic E-state index is 12.0. The third-order valence-electron chi connectivity index (χ3n) is 6.38. The van der Waals surface area contributed by atoms with Gasteiger partial charge in [0.2, 0.25) is 6.10 Å². The molecular formula is C29H28N2O4. The van der Waals surface area contributed by atoms with Gasteiger partial charge in [-0.15, -0.1) is 0 Å². The molecule has 3 aromatic carbocycles. The molecule has 5 rings (SSSR count). The summed E-state index contributed by atoms with van der Waals surface area (Å²) in [5, 5.41) is 9.80. The first kappa shape index (κ1) is 22.7. The monoisotopic (exact) mass is 468 g/mol. The molecule has 0 bridgehead atoms. The lowest BCUT2D eigenvalue weighted by molar-refractivity contribution is -0.146. The zero-order valence-corrected chi connectivity index (χ0v) is 19.4. The summed E-state index contributed by atoms with van der Waals surface area (Å²) in [6.07, 6.45) is 6.75. The first-order valence-electron chi connectivity index (χ1n) is 12.0. The van der Waals surface area contributed by atoms with E-state index in [9.17, 15) is 9.90 Å². The molecule has 1 aromatic heterocycles. The molecule has 0 saturated heterocycles. The molecule has 178 valence electrons. The Kier molecular flexibility index (Phi) is 6.80. The number of hydrogen-bond acceptors (Lipinski definition) is 4. The topological polar surface area (TPSA) is 73.6 Å². The SMILES string of the molecule is O=C(O)C(COc1nccn1C(c1ccccc1)c1ccccc1)Oc1ccc2c(c1)CCCC2. The second kappa shape index (κ2) is 10.5. The molecule has 6 heteroatoms. The molecule has 1 unspecified atom stereocenters. The number of fused-ring (bicyclic) bond motifs is 1. The molecule has 4 aromatic rings. The number of hydrogen-bond donors (Lipinski definition) is 1. The highest BCUT2D eigenvalue weighted by atomic mass is 16.6. The summed E-state index contributed by atoms with van der Waals surface area (Å²) in [4.78, 5) is 16.4. The van der Waals surface area contributed by atoms with E-state index in [0.717, 1.165) is 30.4 Å². The molecule has 0 fully saturated rings. The molecule has 1 aliphatic carbocycles. The fourth-order valence-corrected chi connectivity index (χ4v) is 4.65. The van der Waals surface area contributed by atoms with Gasteiger partial charge in [0.15, 0.2) is 0 Å². The molecule has 0 saturated carbocycles. The van der Waals surface area contributed by atoms with Crippen molar-refractivity contribution in [3.05, 3.63) is 114 Å². The number of aryl methyl sites for hydroxylation is 2. The lowest BCUT2D eigenvalue weighted by atomic mass is 9.92. The van der Waals surface area contributed by atoms with Crippen molar-refractivity contribution in [1.29, 1.82) is 0 Å². The molecule has 0 radical (unpaired) electrons. The lowest BCUT2D eigenvalue weighted by Gasteiger charge is -2.23. The van der Waals surface area contributed by atoms with Crippen LogP contribution in [0.25, 0.3) is 0 Å². The van der Waals surface area contributed by atoms with Crippen LogP contribution in [0.2, 0.25) is 0 Å². The smallest absolute Gasteiger partial charge is 0.348 e. The molecule has 6 nitrogen and oxygen atoms in total. The van der Waals surface area contributed by atoms with Crippen LogP contribution in [0.15, 0.2) is 91.3 Å². The fraction of sp³-hybridized carbons (Fsp3) is 0.241. The van der Waals surface area contributed by atoms with Crippen LogP contribution in [0.5, 0.6) is 11.8 Å². The third-order valence-corrected chi connectivity index (χ3v) is 6.38. The molecule has 0 amide bonds. The van der Waals surface area contributed by atoms with Crippen LogP contribution < -0.4 is 9.47 Å². The third kappa shape index (κ3) is 5.22. The second-order valence-electron chi connectivity index (χ2n) is 8.73. The van der Waals surface area contributed by atoms with Crippen molar-refractivity contribution in [3.8, 4) is 11.8 Å². The number of imidazole rings is 1. The summed E-state index contributed by atoms with van der Waals surface area (Å²) >= 11 is 0. The summed E-state index contributed by atoms with van der Waals surface area (Å²) in [5.74, 6) is -0.528. The minimum Gasteiger partial charge on any atom is -0.478 e. The first-order valence-corrected chi connectivity index (χ1v) is 12.0. The largest absolute Gasteiger partial charge is 0.478 e. The van der Waals surface area contributed by atoms with Crippen molar-refractivity contribution < 1.29 is 19.4 Å². The van der Waals surface area contributed by atoms with E-state index in [2.05, 4.69) is 29.2 Å². The van der Waals surface area contributed by atoms with Crippen molar-refractivity contribution in [2.75, 3.05) is 6.61 Å². The molecule has 0 aliphatic heterocycles. The van der Waals surface area contributed by atoms with E-state index in [1.807, 2.05) is 65.4 Å². The van der Waals surface area contributed by atoms with Gasteiger partial charge in [-0.05, 0) is 60.1 Å². The van der Waals surface area contributed by atoms with Gasteiger partial charge in [-0.1, -0.05) is 66.7 Å². The Morgan fingerprint density at radius 3 is 2.23 bits per heavy atom. The summed E-state index contributed by atoms with van der Waals surface area (Å²) in [5.41, 5.74) is 4.70. The van der Waals surface area contributed by atoms with E-state index in [1.54, 1.807) is 6.20 Å². The summed E-state index contributed by atoms with van der Waals surface area (Å²) < 4.78 is 13.7. The number of ether oxygens (including phenoxy) is 2. The van der Waals surface area contributed by atoms with Gasteiger partial charge >= 0.3 is 5.97 Å². The zero-order valence-electron chi connectivity index (χ0n) is 19.4. The Morgan fingerprint density at radius 1 is 0.914 bits per heavy atom. The highest BCUT2D eigenvalue weighted by molar-refractivity contribution is 5.73. The van der Waals surface area contributed by atoms with Crippen LogP contribution in [0, 0.1) is 0 Å². The number of aliphatic carboxylic acids is 1. The highest BCUT2D eigenvalue weighted by Gasteiger charge is 2.25. The van der Waals surface area contributed by atoms with E-state index in [-0.39, 0.29) is 12.6 Å². The summed E-state index contributed by atoms with van der Waals surface area (Å²) in [7, 11) is 0. The van der Waals surface area contributed by atoms with Gasteiger partial charge in [0.25, 0.3) is 6.01 Å². The molecule has 0 spiro atoms. The van der Waals surface area contributed by atoms with Crippen LogP contribution in [-0.2, 0) is 17.6 Å². The van der Waals surface area contributed by atoms with Crippen molar-refractivity contribution in [2.45, 2.75) is 37.8 Å². The number of carbonyl (C=O) groups is 1. The number of benzene rings is 3. The maximum Gasteiger partial charge on any atom is 0.348 e. The molecule has 1 N–H and O–H groups in total. The van der Waals surface area contributed by atoms with Gasteiger partial charge in [-0.25, -0.2) is 9.78 Å². The van der Waals surface area contributed by atoms with Crippen molar-refractivity contribution in [2.24, 2.45) is 0 Å². The minimum atomic E-state index is -1.16. The number of aromatic nitrogens is 2. The van der Waals surface area contributed by atoms with Crippen LogP contribution >= 0.6 is 0 Å². The Balaban J connectivity index is 1.36. The number of carboxylic acid groups (broad SMARTS) is 1. The molecule has 1 atom stereocenters. The van der Waals surface area contributed by atoms with Gasteiger partial charge < -0.3 is 14.6 Å². The predicted octanol–water partition coefficient (Wildman–Crippen LogP) is 5.31. The van der Waals surface area contributed by atoms with Gasteiger partial charge in [-0.2, -0.15) is 0 Å². The highest BCUT2D eigenvalue weighted by Crippen LogP contribution is 2.30. The van der Waals surface area contributed by atoms with E-state index in [4.69, 9.17) is 9.47 Å². The van der Waals surface area contributed by atoms with E-state index in [0.29, 0.717) is 11.8 Å². The summed E-state index contributed by atoms with van der Waals surface area (Å²) in [6, 6.07) is 26.2. The average Bonchev–Trinajstić information content (AvgIpc) is 3.35. The van der Waals surface area contributed by atoms with E-state index in [1.165, 1.54) is 17.5 Å². The van der Waals surface area contributed by atoms with E-state index >= 15 is 0 Å². The van der Waals surface area contributed by atoms with E-state index < -0.39 is 12.1 Å².